The third-order valence-corrected chi connectivity index (χ3v) is 7.50. The lowest BCUT2D eigenvalue weighted by atomic mass is 9.79. The zero-order valence-corrected chi connectivity index (χ0v) is 20.7. The predicted octanol–water partition coefficient (Wildman–Crippen LogP) is 2.86. The van der Waals surface area contributed by atoms with E-state index in [2.05, 4.69) is 25.5 Å². The van der Waals surface area contributed by atoms with Crippen LogP contribution >= 0.6 is 0 Å². The number of hydrogen-bond acceptors (Lipinski definition) is 7. The Kier molecular flexibility index (Phi) is 5.97. The predicted molar refractivity (Wildman–Crippen MR) is 135 cm³/mol. The van der Waals surface area contributed by atoms with E-state index in [9.17, 15) is 19.1 Å². The van der Waals surface area contributed by atoms with Gasteiger partial charge >= 0.3 is 0 Å². The standard InChI is InChI=1S/C27H26FN7O3/c1-14-9-15(5-7-19(14)28)10-17-12-29-24(31-17)22-23(36)27(38)35-13-16-4-6-18(25(35)33-22)21(11-16)32-26(37)20-3-2-8-30-34-20/h2-3,5,7-9,12,16,18,21,36H,4,6,10-11,13H2,1H3,(H,29,31)(H,32,37). The molecular weight excluding hydrogens is 489 g/mol. The molecule has 7 rings (SSSR count). The molecule has 1 saturated carbocycles. The number of imidazole rings is 1. The summed E-state index contributed by atoms with van der Waals surface area (Å²) in [6.07, 6.45) is 5.93. The van der Waals surface area contributed by atoms with Gasteiger partial charge < -0.3 is 15.4 Å². The summed E-state index contributed by atoms with van der Waals surface area (Å²) >= 11 is 0. The molecule has 4 aromatic rings. The molecule has 194 valence electrons. The molecule has 1 amide bonds. The van der Waals surface area contributed by atoms with Gasteiger partial charge in [0.2, 0.25) is 5.75 Å². The van der Waals surface area contributed by atoms with Crippen molar-refractivity contribution in [3.05, 3.63) is 87.2 Å². The third-order valence-electron chi connectivity index (χ3n) is 7.50. The second-order valence-corrected chi connectivity index (χ2v) is 10.1. The van der Waals surface area contributed by atoms with Crippen molar-refractivity contribution < 1.29 is 14.3 Å². The summed E-state index contributed by atoms with van der Waals surface area (Å²) in [6.45, 7) is 2.13. The Balaban J connectivity index is 1.32. The van der Waals surface area contributed by atoms with Crippen LogP contribution < -0.4 is 10.9 Å². The van der Waals surface area contributed by atoms with Gasteiger partial charge in [0.25, 0.3) is 11.5 Å². The molecule has 0 radical (unpaired) electrons. The van der Waals surface area contributed by atoms with E-state index >= 15 is 0 Å². The first kappa shape index (κ1) is 24.0. The number of H-pyrrole nitrogens is 1. The Bertz CT molecular complexity index is 1580. The third kappa shape index (κ3) is 4.33. The van der Waals surface area contributed by atoms with Gasteiger partial charge in [0.1, 0.15) is 11.6 Å². The second kappa shape index (κ2) is 9.47. The summed E-state index contributed by atoms with van der Waals surface area (Å²) < 4.78 is 15.2. The highest BCUT2D eigenvalue weighted by molar-refractivity contribution is 5.92. The maximum atomic E-state index is 13.6. The maximum Gasteiger partial charge on any atom is 0.296 e. The van der Waals surface area contributed by atoms with Crippen molar-refractivity contribution in [3.63, 3.8) is 0 Å². The molecule has 0 saturated heterocycles. The molecule has 3 aliphatic rings. The molecule has 1 fully saturated rings. The lowest BCUT2D eigenvalue weighted by molar-refractivity contribution is 0.0906. The molecule has 2 aliphatic heterocycles. The Morgan fingerprint density at radius 1 is 1.29 bits per heavy atom. The number of aromatic nitrogens is 6. The minimum atomic E-state index is -0.519. The quantitative estimate of drug-likeness (QED) is 0.371. The zero-order chi connectivity index (χ0) is 26.4. The van der Waals surface area contributed by atoms with Crippen molar-refractivity contribution in [3.8, 4) is 17.3 Å². The summed E-state index contributed by atoms with van der Waals surface area (Å²) in [6, 6.07) is 7.92. The van der Waals surface area contributed by atoms with E-state index < -0.39 is 11.3 Å². The Labute approximate surface area is 217 Å². The molecule has 1 aromatic carbocycles. The van der Waals surface area contributed by atoms with Crippen LogP contribution in [-0.4, -0.2) is 46.8 Å². The summed E-state index contributed by atoms with van der Waals surface area (Å²) in [4.78, 5) is 38.4. The number of halogens is 1. The number of carbonyl (C=O) groups excluding carboxylic acids is 1. The van der Waals surface area contributed by atoms with E-state index in [0.29, 0.717) is 30.8 Å². The Morgan fingerprint density at radius 3 is 2.95 bits per heavy atom. The van der Waals surface area contributed by atoms with Crippen LogP contribution in [0.3, 0.4) is 0 Å². The molecule has 11 heteroatoms. The molecule has 3 aromatic heterocycles. The summed E-state index contributed by atoms with van der Waals surface area (Å²) in [7, 11) is 0. The number of rotatable bonds is 5. The first-order valence-corrected chi connectivity index (χ1v) is 12.6. The number of fused-ring (bicyclic) bond motifs is 2. The van der Waals surface area contributed by atoms with Crippen molar-refractivity contribution in [2.24, 2.45) is 5.92 Å². The average Bonchev–Trinajstić information content (AvgIpc) is 3.23. The molecule has 2 bridgehead atoms. The van der Waals surface area contributed by atoms with Crippen molar-refractivity contribution in [2.45, 2.75) is 51.1 Å². The minimum Gasteiger partial charge on any atom is -0.501 e. The normalized spacial score (nSPS) is 20.1. The first-order valence-electron chi connectivity index (χ1n) is 12.6. The van der Waals surface area contributed by atoms with Gasteiger partial charge in [-0.25, -0.2) is 14.4 Å². The van der Waals surface area contributed by atoms with Crippen molar-refractivity contribution >= 4 is 5.91 Å². The largest absolute Gasteiger partial charge is 0.501 e. The molecule has 3 atom stereocenters. The van der Waals surface area contributed by atoms with Gasteiger partial charge in [0.15, 0.2) is 17.2 Å². The van der Waals surface area contributed by atoms with Gasteiger partial charge in [-0.3, -0.25) is 14.2 Å². The van der Waals surface area contributed by atoms with Crippen LogP contribution in [0, 0.1) is 18.7 Å². The highest BCUT2D eigenvalue weighted by atomic mass is 19.1. The maximum absolute atomic E-state index is 13.6. The van der Waals surface area contributed by atoms with Gasteiger partial charge in [0.05, 0.1) is 0 Å². The lowest BCUT2D eigenvalue weighted by Gasteiger charge is -2.32. The fraction of sp³-hybridized carbons (Fsp3) is 0.333. The van der Waals surface area contributed by atoms with Gasteiger partial charge in [-0.05, 0) is 61.4 Å². The van der Waals surface area contributed by atoms with Crippen LogP contribution in [-0.2, 0) is 13.0 Å². The number of carbonyl (C=O) groups is 1. The molecule has 1 aliphatic carbocycles. The fourth-order valence-corrected chi connectivity index (χ4v) is 5.61. The topological polar surface area (TPSA) is 139 Å². The molecule has 3 unspecified atom stereocenters. The van der Waals surface area contributed by atoms with Gasteiger partial charge in [-0.1, -0.05) is 12.1 Å². The molecule has 10 nitrogen and oxygen atoms in total. The van der Waals surface area contributed by atoms with Gasteiger partial charge in [-0.2, -0.15) is 5.10 Å². The first-order chi connectivity index (χ1) is 18.4. The van der Waals surface area contributed by atoms with Crippen LogP contribution in [0.15, 0.2) is 47.5 Å². The highest BCUT2D eigenvalue weighted by Crippen LogP contribution is 2.40. The van der Waals surface area contributed by atoms with Crippen LogP contribution in [0.1, 0.15) is 58.3 Å². The van der Waals surface area contributed by atoms with Crippen LogP contribution in [0.5, 0.6) is 5.75 Å². The SMILES string of the molecule is Cc1cc(Cc2cnc(-c3nc4n(c(=O)c3O)CC3CCC4C(NC(=O)c4cccnn4)C3)[nH]2)ccc1F. The van der Waals surface area contributed by atoms with E-state index in [1.54, 1.807) is 42.0 Å². The van der Waals surface area contributed by atoms with Crippen LogP contribution in [0.2, 0.25) is 0 Å². The van der Waals surface area contributed by atoms with E-state index in [4.69, 9.17) is 4.98 Å². The van der Waals surface area contributed by atoms with E-state index in [1.165, 1.54) is 12.3 Å². The van der Waals surface area contributed by atoms with Crippen molar-refractivity contribution in [2.75, 3.05) is 0 Å². The van der Waals surface area contributed by atoms with Gasteiger partial charge in [-0.15, -0.1) is 5.10 Å². The number of hydrogen-bond donors (Lipinski definition) is 3. The highest BCUT2D eigenvalue weighted by Gasteiger charge is 2.40. The van der Waals surface area contributed by atoms with E-state index in [0.717, 1.165) is 24.1 Å². The number of aryl methyl sites for hydroxylation is 1. The number of aromatic amines is 1. The van der Waals surface area contributed by atoms with Crippen LogP contribution in [0.25, 0.3) is 11.5 Å². The monoisotopic (exact) mass is 515 g/mol. The molecular formula is C27H26FN7O3. The van der Waals surface area contributed by atoms with Crippen molar-refractivity contribution in [1.29, 1.82) is 0 Å². The second-order valence-electron chi connectivity index (χ2n) is 10.1. The molecule has 5 heterocycles. The Morgan fingerprint density at radius 2 is 2.16 bits per heavy atom. The number of aromatic hydroxyl groups is 1. The lowest BCUT2D eigenvalue weighted by Crippen LogP contribution is -2.43. The Hall–Kier alpha value is -4.41. The van der Waals surface area contributed by atoms with E-state index in [1.807, 2.05) is 0 Å². The van der Waals surface area contributed by atoms with Gasteiger partial charge in [0, 0.05) is 43.0 Å². The molecule has 38 heavy (non-hydrogen) atoms. The summed E-state index contributed by atoms with van der Waals surface area (Å²) in [5.41, 5.74) is 1.97. The van der Waals surface area contributed by atoms with Crippen LogP contribution in [0.4, 0.5) is 4.39 Å². The average molecular weight is 516 g/mol. The zero-order valence-electron chi connectivity index (χ0n) is 20.7. The number of amides is 1. The van der Waals surface area contributed by atoms with Crippen molar-refractivity contribution in [1.82, 2.24) is 35.0 Å². The number of nitrogens with zero attached hydrogens (tertiary/aromatic N) is 5. The molecule has 0 spiro atoms. The van der Waals surface area contributed by atoms with E-state index in [-0.39, 0.29) is 46.8 Å². The summed E-state index contributed by atoms with van der Waals surface area (Å²) in [5, 5.41) is 21.6. The smallest absolute Gasteiger partial charge is 0.296 e. The fourth-order valence-electron chi connectivity index (χ4n) is 5.61. The number of benzene rings is 1. The number of nitrogens with one attached hydrogen (secondary N) is 2. The minimum absolute atomic E-state index is 0.0761. The molecule has 3 N–H and O–H groups in total. The summed E-state index contributed by atoms with van der Waals surface area (Å²) in [5.74, 6) is -0.296.